The molecule has 4 aliphatic rings. The number of nitrogens with zero attached hydrogens (tertiary/aromatic N) is 2. The molecule has 0 bridgehead atoms. The van der Waals surface area contributed by atoms with Crippen LogP contribution in [-0.4, -0.2) is 75.8 Å². The van der Waals surface area contributed by atoms with E-state index in [4.69, 9.17) is 26.2 Å². The molecule has 0 saturated carbocycles. The molecule has 0 spiro atoms. The molecule has 31 heavy (non-hydrogen) atoms. The number of carbonyl (C=O) groups is 3. The van der Waals surface area contributed by atoms with Crippen molar-refractivity contribution in [3.63, 3.8) is 0 Å². The number of aliphatic hydroxyl groups excluding tert-OH is 1. The van der Waals surface area contributed by atoms with Gasteiger partial charge in [0.05, 0.1) is 41.8 Å². The van der Waals surface area contributed by atoms with Gasteiger partial charge in [-0.05, 0) is 12.1 Å². The Kier molecular flexibility index (Phi) is 5.21. The number of carbonyl (C=O) groups excluding carboxylic acids is 2. The number of anilines is 1. The Morgan fingerprint density at radius 1 is 1.48 bits per heavy atom. The van der Waals surface area contributed by atoms with E-state index in [-0.39, 0.29) is 36.0 Å². The van der Waals surface area contributed by atoms with Gasteiger partial charge in [0.15, 0.2) is 5.72 Å². The van der Waals surface area contributed by atoms with Crippen molar-refractivity contribution in [2.24, 2.45) is 11.7 Å². The fraction of sp³-hybridized carbons (Fsp3) is 0.368. The van der Waals surface area contributed by atoms with Crippen LogP contribution in [0.2, 0.25) is 5.15 Å². The molecule has 1 aromatic heterocycles. The summed E-state index contributed by atoms with van der Waals surface area (Å²) in [6.07, 6.45) is 1.45. The summed E-state index contributed by atoms with van der Waals surface area (Å²) in [6.45, 7) is 0.285. The van der Waals surface area contributed by atoms with Crippen LogP contribution in [0.5, 0.6) is 0 Å². The molecule has 4 unspecified atom stereocenters. The zero-order valence-electron chi connectivity index (χ0n) is 16.3. The van der Waals surface area contributed by atoms with Gasteiger partial charge in [0.1, 0.15) is 5.15 Å². The van der Waals surface area contributed by atoms with Crippen molar-refractivity contribution in [1.82, 2.24) is 15.2 Å². The van der Waals surface area contributed by atoms with E-state index in [2.05, 4.69) is 21.4 Å². The number of ketones is 2. The second kappa shape index (κ2) is 7.61. The summed E-state index contributed by atoms with van der Waals surface area (Å²) in [5.74, 6) is -1.19. The number of aliphatic hydroxyl groups is 1. The van der Waals surface area contributed by atoms with Gasteiger partial charge >= 0.3 is 6.09 Å². The van der Waals surface area contributed by atoms with Crippen LogP contribution in [0, 0.1) is 5.92 Å². The van der Waals surface area contributed by atoms with Crippen molar-refractivity contribution in [1.29, 1.82) is 0 Å². The van der Waals surface area contributed by atoms with Gasteiger partial charge in [0.2, 0.25) is 11.6 Å². The summed E-state index contributed by atoms with van der Waals surface area (Å²) in [7, 11) is 1.55. The molecule has 1 amide bonds. The number of Topliss-reactive ketones (excluding diaryl/α,β-unsaturated/α-hetero) is 1. The number of fused-ring (bicyclic) bond motifs is 4. The number of hydrogen-bond acceptors (Lipinski definition) is 9. The molecule has 164 valence electrons. The minimum Gasteiger partial charge on any atom is -0.465 e. The molecule has 0 aromatic carbocycles. The highest BCUT2D eigenvalue weighted by Crippen LogP contribution is 2.54. The average molecular weight is 450 g/mol. The van der Waals surface area contributed by atoms with Crippen molar-refractivity contribution in [3.8, 4) is 0 Å². The molecule has 1 aromatic rings. The molecule has 6 N–H and O–H groups in total. The van der Waals surface area contributed by atoms with Crippen LogP contribution >= 0.6 is 11.6 Å². The van der Waals surface area contributed by atoms with Gasteiger partial charge in [0.25, 0.3) is 0 Å². The molecule has 4 heterocycles. The van der Waals surface area contributed by atoms with Crippen LogP contribution < -0.4 is 16.4 Å². The number of ether oxygens (including phenoxy) is 1. The molecule has 12 heteroatoms. The number of piperazine rings is 1. The van der Waals surface area contributed by atoms with Gasteiger partial charge in [-0.25, -0.2) is 9.78 Å². The number of hydrogen-bond donors (Lipinski definition) is 5. The van der Waals surface area contributed by atoms with E-state index in [0.29, 0.717) is 28.7 Å². The van der Waals surface area contributed by atoms with E-state index in [1.165, 1.54) is 12.3 Å². The number of methoxy groups -OCH3 is 1. The summed E-state index contributed by atoms with van der Waals surface area (Å²) in [4.78, 5) is 40.7. The number of primary amides is 1. The maximum Gasteiger partial charge on any atom is 0.402 e. The number of amides is 1. The fourth-order valence-electron chi connectivity index (χ4n) is 4.68. The van der Waals surface area contributed by atoms with E-state index >= 15 is 0 Å². The van der Waals surface area contributed by atoms with Gasteiger partial charge < -0.3 is 36.2 Å². The zero-order chi connectivity index (χ0) is 22.5. The summed E-state index contributed by atoms with van der Waals surface area (Å²) >= 11 is 5.79. The van der Waals surface area contributed by atoms with Crippen molar-refractivity contribution in [2.45, 2.75) is 17.8 Å². The molecule has 1 aliphatic carbocycles. The first-order chi connectivity index (χ1) is 14.7. The highest BCUT2D eigenvalue weighted by molar-refractivity contribution is 6.29. The van der Waals surface area contributed by atoms with Crippen LogP contribution in [0.1, 0.15) is 0 Å². The van der Waals surface area contributed by atoms with Gasteiger partial charge in [-0.1, -0.05) is 11.6 Å². The lowest BCUT2D eigenvalue weighted by Gasteiger charge is -2.39. The van der Waals surface area contributed by atoms with Gasteiger partial charge in [-0.3, -0.25) is 9.59 Å². The van der Waals surface area contributed by atoms with Gasteiger partial charge in [-0.15, -0.1) is 0 Å². The largest absolute Gasteiger partial charge is 0.465 e. The predicted molar refractivity (Wildman–Crippen MR) is 108 cm³/mol. The number of aromatic nitrogens is 1. The topological polar surface area (TPSA) is 177 Å². The molecule has 0 radical (unpaired) electrons. The zero-order valence-corrected chi connectivity index (χ0v) is 17.1. The lowest BCUT2D eigenvalue weighted by Crippen LogP contribution is -2.54. The fourth-order valence-corrected chi connectivity index (χ4v) is 4.79. The maximum atomic E-state index is 13.2. The van der Waals surface area contributed by atoms with Crippen LogP contribution in [0.15, 0.2) is 41.4 Å². The normalized spacial score (nSPS) is 30.1. The quantitative estimate of drug-likeness (QED) is 0.232. The minimum absolute atomic E-state index is 0.0114. The Bertz CT molecular complexity index is 1020. The van der Waals surface area contributed by atoms with E-state index < -0.39 is 17.7 Å². The van der Waals surface area contributed by atoms with Gasteiger partial charge in [0, 0.05) is 31.3 Å². The highest BCUT2D eigenvalue weighted by atomic mass is 35.5. The standard InChI is InChI=1S/C18H17ClN4O4.CH3NO2/c1-27-18-9(7-24)14-15(23(18)6-11-17(18)22-11)12(25)4-10(16(14)26)21-8-2-3-13(19)20-5-8;2-1(3)4/h2-5,9,11,17,21-22,24H,6-7H2,1H3;2H2,(H,3,4). The van der Waals surface area contributed by atoms with Crippen molar-refractivity contribution < 1.29 is 29.3 Å². The number of carboxylic acid groups (broad SMARTS) is 1. The lowest BCUT2D eigenvalue weighted by atomic mass is 9.84. The Morgan fingerprint density at radius 2 is 2.19 bits per heavy atom. The van der Waals surface area contributed by atoms with Crippen LogP contribution in [0.25, 0.3) is 0 Å². The molecule has 2 fully saturated rings. The third-order valence-electron chi connectivity index (χ3n) is 5.82. The number of nitrogens with two attached hydrogens (primary N) is 1. The van der Waals surface area contributed by atoms with E-state index in [1.54, 1.807) is 19.2 Å². The number of halogens is 1. The Labute approximate surface area is 181 Å². The first-order valence-corrected chi connectivity index (χ1v) is 9.74. The highest BCUT2D eigenvalue weighted by Gasteiger charge is 2.72. The summed E-state index contributed by atoms with van der Waals surface area (Å²) in [5, 5.41) is 23.9. The lowest BCUT2D eigenvalue weighted by molar-refractivity contribution is -0.136. The number of nitrogens with one attached hydrogen (secondary N) is 2. The molecular weight excluding hydrogens is 430 g/mol. The van der Waals surface area contributed by atoms with E-state index in [0.717, 1.165) is 0 Å². The molecule has 11 nitrogen and oxygen atoms in total. The second-order valence-corrected chi connectivity index (χ2v) is 7.79. The molecular formula is C19H20ClN5O6. The van der Waals surface area contributed by atoms with Crippen LogP contribution in [-0.2, 0) is 14.3 Å². The van der Waals surface area contributed by atoms with Gasteiger partial charge in [-0.2, -0.15) is 0 Å². The average Bonchev–Trinajstić information content (AvgIpc) is 3.32. The molecule has 4 atom stereocenters. The first kappa shape index (κ1) is 21.2. The number of allylic oxidation sites excluding steroid dienone is 2. The van der Waals surface area contributed by atoms with Crippen molar-refractivity contribution in [2.75, 3.05) is 25.6 Å². The summed E-state index contributed by atoms with van der Waals surface area (Å²) in [5.41, 5.74) is 4.47. The van der Waals surface area contributed by atoms with Crippen molar-refractivity contribution in [3.05, 3.63) is 46.5 Å². The Morgan fingerprint density at radius 3 is 2.77 bits per heavy atom. The monoisotopic (exact) mass is 449 g/mol. The summed E-state index contributed by atoms with van der Waals surface area (Å²) < 4.78 is 5.82. The maximum absolute atomic E-state index is 13.2. The molecule has 2 saturated heterocycles. The molecule has 5 rings (SSSR count). The Balaban J connectivity index is 0.000000535. The summed E-state index contributed by atoms with van der Waals surface area (Å²) in [6, 6.07) is 3.46. The SMILES string of the molecule is COC12C(CO)C3=C(C(=O)C=C(Nc4ccc(Cl)nc4)C3=O)N1CC1NC12.NC(=O)O. The Hall–Kier alpha value is -2.99. The third-order valence-corrected chi connectivity index (χ3v) is 6.04. The third kappa shape index (κ3) is 3.26. The van der Waals surface area contributed by atoms with E-state index in [1.807, 2.05) is 4.90 Å². The number of rotatable bonds is 4. The smallest absolute Gasteiger partial charge is 0.402 e. The van der Waals surface area contributed by atoms with E-state index in [9.17, 15) is 14.7 Å². The molecule has 3 aliphatic heterocycles. The minimum atomic E-state index is -1.33. The predicted octanol–water partition coefficient (Wildman–Crippen LogP) is -0.319. The van der Waals surface area contributed by atoms with Crippen LogP contribution in [0.4, 0.5) is 10.5 Å². The van der Waals surface area contributed by atoms with Crippen LogP contribution in [0.3, 0.4) is 0 Å². The van der Waals surface area contributed by atoms with Crippen molar-refractivity contribution >= 4 is 34.9 Å². The number of pyridine rings is 1. The second-order valence-electron chi connectivity index (χ2n) is 7.40. The first-order valence-electron chi connectivity index (χ1n) is 9.36.